The molecule has 262 valence electrons. The molecule has 1 aliphatic rings. The van der Waals surface area contributed by atoms with E-state index in [-0.39, 0.29) is 63.9 Å². The molecule has 2 aromatic heterocycles. The number of amides is 2. The van der Waals surface area contributed by atoms with Crippen molar-refractivity contribution < 1.29 is 53.8 Å². The number of aliphatic hydroxyl groups excluding tert-OH is 4. The monoisotopic (exact) mass is 673 g/mol. The highest BCUT2D eigenvalue weighted by molar-refractivity contribution is 5.96. The van der Waals surface area contributed by atoms with E-state index in [1.165, 1.54) is 12.4 Å². The maximum absolute atomic E-state index is 12.6. The highest BCUT2D eigenvalue weighted by atomic mass is 16.7. The number of pyridine rings is 2. The van der Waals surface area contributed by atoms with Crippen LogP contribution in [0.15, 0.2) is 36.7 Å². The van der Waals surface area contributed by atoms with Gasteiger partial charge in [0.05, 0.1) is 63.5 Å². The zero-order valence-corrected chi connectivity index (χ0v) is 26.4. The summed E-state index contributed by atoms with van der Waals surface area (Å²) in [6, 6.07) is 6.25. The molecule has 0 bridgehead atoms. The Hall–Kier alpha value is -3.89. The van der Waals surface area contributed by atoms with Crippen LogP contribution in [-0.4, -0.2) is 145 Å². The molecule has 2 amide bonds. The van der Waals surface area contributed by atoms with Crippen LogP contribution < -0.4 is 16.0 Å². The molecule has 3 heterocycles. The van der Waals surface area contributed by atoms with Gasteiger partial charge in [0.15, 0.2) is 6.29 Å². The molecule has 16 heteroatoms. The van der Waals surface area contributed by atoms with E-state index in [4.69, 9.17) is 25.4 Å². The molecule has 1 fully saturated rings. The SMILES string of the molecule is C#CCNC(=O)c1ccnc(-c2cc(C(=O)NCCOCCOCC(C=O)CNCCCO[C@@H]3O[C@H](CO)[C@@H](O)[C@H](O)[C@H]3O)ccn2)c1. The summed E-state index contributed by atoms with van der Waals surface area (Å²) in [5, 5.41) is 47.3. The molecule has 0 aromatic carbocycles. The van der Waals surface area contributed by atoms with Gasteiger partial charge in [0, 0.05) is 36.6 Å². The van der Waals surface area contributed by atoms with E-state index in [0.717, 1.165) is 6.29 Å². The summed E-state index contributed by atoms with van der Waals surface area (Å²) in [5.41, 5.74) is 1.57. The predicted octanol–water partition coefficient (Wildman–Crippen LogP) is -2.12. The van der Waals surface area contributed by atoms with Gasteiger partial charge in [-0.2, -0.15) is 0 Å². The molecule has 6 atom stereocenters. The van der Waals surface area contributed by atoms with Crippen molar-refractivity contribution in [3.63, 3.8) is 0 Å². The lowest BCUT2D eigenvalue weighted by Gasteiger charge is -2.39. The lowest BCUT2D eigenvalue weighted by Crippen LogP contribution is -2.59. The molecule has 48 heavy (non-hydrogen) atoms. The number of hydrogen-bond donors (Lipinski definition) is 7. The van der Waals surface area contributed by atoms with Crippen LogP contribution in [0.3, 0.4) is 0 Å². The molecule has 3 rings (SSSR count). The summed E-state index contributed by atoms with van der Waals surface area (Å²) in [5.74, 6) is 1.28. The molecule has 7 N–H and O–H groups in total. The molecule has 0 aliphatic carbocycles. The van der Waals surface area contributed by atoms with Crippen LogP contribution in [0.4, 0.5) is 0 Å². The van der Waals surface area contributed by atoms with Gasteiger partial charge < -0.3 is 60.1 Å². The number of ether oxygens (including phenoxy) is 4. The Labute approximate surface area is 278 Å². The van der Waals surface area contributed by atoms with Crippen LogP contribution in [0.5, 0.6) is 0 Å². The largest absolute Gasteiger partial charge is 0.394 e. The minimum Gasteiger partial charge on any atom is -0.394 e. The number of carbonyl (C=O) groups excluding carboxylic acids is 3. The maximum Gasteiger partial charge on any atom is 0.252 e. The highest BCUT2D eigenvalue weighted by Crippen LogP contribution is 2.22. The zero-order valence-electron chi connectivity index (χ0n) is 26.4. The van der Waals surface area contributed by atoms with E-state index >= 15 is 0 Å². The normalized spacial score (nSPS) is 21.2. The molecule has 0 spiro atoms. The van der Waals surface area contributed by atoms with Gasteiger partial charge in [-0.3, -0.25) is 19.6 Å². The molecule has 1 aliphatic heterocycles. The predicted molar refractivity (Wildman–Crippen MR) is 169 cm³/mol. The molecule has 2 aromatic rings. The third-order valence-corrected chi connectivity index (χ3v) is 7.12. The van der Waals surface area contributed by atoms with Gasteiger partial charge in [0.1, 0.15) is 30.7 Å². The van der Waals surface area contributed by atoms with Crippen LogP contribution >= 0.6 is 0 Å². The number of terminal acetylenes is 1. The number of carbonyl (C=O) groups is 3. The van der Waals surface area contributed by atoms with E-state index in [0.29, 0.717) is 42.0 Å². The van der Waals surface area contributed by atoms with Crippen molar-refractivity contribution in [2.75, 3.05) is 65.8 Å². The number of nitrogens with one attached hydrogen (secondary N) is 3. The van der Waals surface area contributed by atoms with Gasteiger partial charge in [-0.05, 0) is 37.2 Å². The number of nitrogens with zero attached hydrogens (tertiary/aromatic N) is 2. The molecule has 16 nitrogen and oxygen atoms in total. The third-order valence-electron chi connectivity index (χ3n) is 7.12. The topological polar surface area (TPSA) is 231 Å². The Bertz CT molecular complexity index is 1340. The molecule has 0 saturated carbocycles. The van der Waals surface area contributed by atoms with Crippen molar-refractivity contribution in [3.8, 4) is 23.7 Å². The smallest absolute Gasteiger partial charge is 0.252 e. The van der Waals surface area contributed by atoms with Crippen LogP contribution in [0.1, 0.15) is 27.1 Å². The summed E-state index contributed by atoms with van der Waals surface area (Å²) >= 11 is 0. The number of aldehydes is 1. The van der Waals surface area contributed by atoms with Crippen LogP contribution in [0, 0.1) is 18.3 Å². The van der Waals surface area contributed by atoms with Crippen molar-refractivity contribution in [2.24, 2.45) is 5.92 Å². The van der Waals surface area contributed by atoms with Crippen LogP contribution in [-0.2, 0) is 23.7 Å². The zero-order chi connectivity index (χ0) is 34.7. The van der Waals surface area contributed by atoms with E-state index in [2.05, 4.69) is 31.8 Å². The van der Waals surface area contributed by atoms with Crippen molar-refractivity contribution in [1.82, 2.24) is 25.9 Å². The fourth-order valence-corrected chi connectivity index (χ4v) is 4.49. The number of rotatable bonds is 21. The van der Waals surface area contributed by atoms with Gasteiger partial charge in [-0.25, -0.2) is 0 Å². The Morgan fingerprint density at radius 2 is 1.60 bits per heavy atom. The lowest BCUT2D eigenvalue weighted by molar-refractivity contribution is -0.301. The standard InChI is InChI=1S/C32H43N5O11/c1-2-6-36-30(43)22-4-8-34-24(15-22)25-16-23(5-9-35-25)31(44)37-10-12-45-13-14-46-20-21(18-38)17-33-7-3-11-47-32-29(42)28(41)27(40)26(19-39)48-32/h1,4-5,8-9,15-16,18,21,26-29,32-33,39-42H,3,6-7,10-14,17,19-20H2,(H,36,43)(H,37,44)/t21?,26-,27-,28+,29-,32-/m1/s1. The molecular weight excluding hydrogens is 630 g/mol. The second-order valence-electron chi connectivity index (χ2n) is 10.7. The first-order chi connectivity index (χ1) is 23.3. The van der Waals surface area contributed by atoms with Gasteiger partial charge in [-0.15, -0.1) is 6.42 Å². The van der Waals surface area contributed by atoms with Gasteiger partial charge >= 0.3 is 0 Å². The van der Waals surface area contributed by atoms with Gasteiger partial charge in [0.2, 0.25) is 0 Å². The van der Waals surface area contributed by atoms with Crippen LogP contribution in [0.2, 0.25) is 0 Å². The number of aromatic nitrogens is 2. The first kappa shape index (κ1) is 38.6. The third kappa shape index (κ3) is 12.3. The summed E-state index contributed by atoms with van der Waals surface area (Å²) in [6.45, 7) is 1.80. The Kier molecular flexibility index (Phi) is 17.0. The molecule has 0 radical (unpaired) electrons. The average molecular weight is 674 g/mol. The van der Waals surface area contributed by atoms with E-state index in [1.807, 2.05) is 0 Å². The highest BCUT2D eigenvalue weighted by Gasteiger charge is 2.43. The Morgan fingerprint density at radius 1 is 0.938 bits per heavy atom. The summed E-state index contributed by atoms with van der Waals surface area (Å²) in [7, 11) is 0. The summed E-state index contributed by atoms with van der Waals surface area (Å²) in [4.78, 5) is 44.7. The first-order valence-electron chi connectivity index (χ1n) is 15.4. The van der Waals surface area contributed by atoms with Crippen molar-refractivity contribution in [2.45, 2.75) is 37.1 Å². The second-order valence-corrected chi connectivity index (χ2v) is 10.7. The van der Waals surface area contributed by atoms with E-state index in [9.17, 15) is 34.8 Å². The van der Waals surface area contributed by atoms with Crippen molar-refractivity contribution >= 4 is 18.1 Å². The quantitative estimate of drug-likeness (QED) is 0.0427. The Morgan fingerprint density at radius 3 is 2.25 bits per heavy atom. The number of hydrogen-bond acceptors (Lipinski definition) is 14. The fraction of sp³-hybridized carbons (Fsp3) is 0.531. The average Bonchev–Trinajstić information content (AvgIpc) is 3.11. The molecule has 1 saturated heterocycles. The Balaban J connectivity index is 1.24. The van der Waals surface area contributed by atoms with Crippen molar-refractivity contribution in [1.29, 1.82) is 0 Å². The molecule has 1 unspecified atom stereocenters. The van der Waals surface area contributed by atoms with Gasteiger partial charge in [0.25, 0.3) is 11.8 Å². The van der Waals surface area contributed by atoms with E-state index in [1.54, 1.807) is 24.3 Å². The van der Waals surface area contributed by atoms with Crippen molar-refractivity contribution in [3.05, 3.63) is 47.8 Å². The summed E-state index contributed by atoms with van der Waals surface area (Å²) in [6.07, 6.45) is 2.84. The van der Waals surface area contributed by atoms with E-state index < -0.39 is 37.3 Å². The minimum atomic E-state index is -1.50. The minimum absolute atomic E-state index is 0.0986. The van der Waals surface area contributed by atoms with Gasteiger partial charge in [-0.1, -0.05) is 5.92 Å². The lowest BCUT2D eigenvalue weighted by atomic mass is 9.99. The fourth-order valence-electron chi connectivity index (χ4n) is 4.49. The first-order valence-corrected chi connectivity index (χ1v) is 15.4. The molecular formula is C32H43N5O11. The summed E-state index contributed by atoms with van der Waals surface area (Å²) < 4.78 is 21.7. The van der Waals surface area contributed by atoms with Crippen LogP contribution in [0.25, 0.3) is 11.4 Å². The second kappa shape index (κ2) is 21.2. The maximum atomic E-state index is 12.6. The number of aliphatic hydroxyl groups is 4.